The van der Waals surface area contributed by atoms with Crippen LogP contribution >= 0.6 is 0 Å². The number of aliphatic hydroxyl groups excluding tert-OH is 1. The summed E-state index contributed by atoms with van der Waals surface area (Å²) in [5.41, 5.74) is 2.88. The Labute approximate surface area is 213 Å². The van der Waals surface area contributed by atoms with Crippen molar-refractivity contribution in [3.8, 4) is 28.8 Å². The number of rotatable bonds is 14. The number of methoxy groups -OCH3 is 2. The Morgan fingerprint density at radius 3 is 2.44 bits per heavy atom. The van der Waals surface area contributed by atoms with Gasteiger partial charge in [-0.25, -0.2) is 4.68 Å². The molecule has 192 valence electrons. The molecule has 1 saturated carbocycles. The van der Waals surface area contributed by atoms with Crippen molar-refractivity contribution in [3.63, 3.8) is 0 Å². The lowest BCUT2D eigenvalue weighted by Gasteiger charge is -2.25. The van der Waals surface area contributed by atoms with Gasteiger partial charge in [0.1, 0.15) is 5.75 Å². The van der Waals surface area contributed by atoms with Crippen LogP contribution in [0.1, 0.15) is 43.9 Å². The lowest BCUT2D eigenvalue weighted by Crippen LogP contribution is -2.34. The highest BCUT2D eigenvalue weighted by Gasteiger charge is 2.33. The number of aliphatic hydroxyl groups is 1. The summed E-state index contributed by atoms with van der Waals surface area (Å²) in [6, 6.07) is 15.9. The van der Waals surface area contributed by atoms with Crippen LogP contribution in [-0.4, -0.2) is 52.7 Å². The molecule has 0 amide bonds. The Balaban J connectivity index is 1.74. The highest BCUT2D eigenvalue weighted by molar-refractivity contribution is 5.48. The van der Waals surface area contributed by atoms with Gasteiger partial charge in [0.2, 0.25) is 5.88 Å². The third-order valence-electron chi connectivity index (χ3n) is 6.52. The SMILES string of the molecule is C=CCC[C@@H](O)CN(Cc1c(CC)nn(-c2ccc(OC)cc2)c1Oc1ccccc1OC)C1CC1. The first-order valence-electron chi connectivity index (χ1n) is 12.7. The van der Waals surface area contributed by atoms with Crippen LogP contribution in [0.25, 0.3) is 5.69 Å². The zero-order valence-electron chi connectivity index (χ0n) is 21.5. The van der Waals surface area contributed by atoms with Crippen LogP contribution in [0.3, 0.4) is 0 Å². The number of benzene rings is 2. The van der Waals surface area contributed by atoms with Gasteiger partial charge in [-0.1, -0.05) is 25.1 Å². The first kappa shape index (κ1) is 25.8. The predicted octanol–water partition coefficient (Wildman–Crippen LogP) is 5.54. The van der Waals surface area contributed by atoms with E-state index in [1.54, 1.807) is 14.2 Å². The van der Waals surface area contributed by atoms with Gasteiger partial charge in [-0.05, 0) is 68.5 Å². The molecule has 1 heterocycles. The maximum atomic E-state index is 10.7. The maximum Gasteiger partial charge on any atom is 0.227 e. The number of aryl methyl sites for hydroxylation is 1. The van der Waals surface area contributed by atoms with E-state index in [-0.39, 0.29) is 0 Å². The van der Waals surface area contributed by atoms with Gasteiger partial charge in [0, 0.05) is 19.1 Å². The lowest BCUT2D eigenvalue weighted by molar-refractivity contribution is 0.0974. The molecule has 0 bridgehead atoms. The average Bonchev–Trinajstić information content (AvgIpc) is 3.71. The molecule has 1 atom stereocenters. The van der Waals surface area contributed by atoms with Crippen molar-refractivity contribution in [1.29, 1.82) is 0 Å². The van der Waals surface area contributed by atoms with E-state index >= 15 is 0 Å². The Bertz CT molecular complexity index is 1140. The number of hydrogen-bond donors (Lipinski definition) is 1. The molecular formula is C29H37N3O4. The number of allylic oxidation sites excluding steroid dienone is 1. The van der Waals surface area contributed by atoms with E-state index in [9.17, 15) is 5.11 Å². The predicted molar refractivity (Wildman–Crippen MR) is 141 cm³/mol. The molecule has 4 rings (SSSR count). The minimum atomic E-state index is -0.399. The summed E-state index contributed by atoms with van der Waals surface area (Å²) in [7, 11) is 3.29. The van der Waals surface area contributed by atoms with Crippen LogP contribution in [0.2, 0.25) is 0 Å². The second-order valence-electron chi connectivity index (χ2n) is 9.13. The zero-order chi connectivity index (χ0) is 25.5. The lowest BCUT2D eigenvalue weighted by atomic mass is 10.1. The minimum absolute atomic E-state index is 0.399. The van der Waals surface area contributed by atoms with Crippen LogP contribution in [0.5, 0.6) is 23.1 Å². The molecule has 1 aliphatic rings. The molecule has 1 fully saturated rings. The van der Waals surface area contributed by atoms with Crippen LogP contribution in [0, 0.1) is 0 Å². The molecule has 1 aromatic heterocycles. The van der Waals surface area contributed by atoms with Crippen LogP contribution < -0.4 is 14.2 Å². The van der Waals surface area contributed by atoms with Gasteiger partial charge >= 0.3 is 0 Å². The van der Waals surface area contributed by atoms with E-state index in [4.69, 9.17) is 19.3 Å². The smallest absolute Gasteiger partial charge is 0.227 e. The molecule has 1 aliphatic carbocycles. The molecule has 2 aromatic carbocycles. The van der Waals surface area contributed by atoms with Crippen LogP contribution in [0.4, 0.5) is 0 Å². The number of ether oxygens (including phenoxy) is 3. The van der Waals surface area contributed by atoms with Crippen molar-refractivity contribution in [1.82, 2.24) is 14.7 Å². The summed E-state index contributed by atoms with van der Waals surface area (Å²) < 4.78 is 19.3. The molecule has 7 heteroatoms. The van der Waals surface area contributed by atoms with Gasteiger partial charge in [0.25, 0.3) is 0 Å². The van der Waals surface area contributed by atoms with Crippen molar-refractivity contribution < 1.29 is 19.3 Å². The summed E-state index contributed by atoms with van der Waals surface area (Å²) in [6.07, 6.45) is 6.02. The summed E-state index contributed by atoms with van der Waals surface area (Å²) in [5.74, 6) is 2.72. The summed E-state index contributed by atoms with van der Waals surface area (Å²) >= 11 is 0. The van der Waals surface area contributed by atoms with E-state index < -0.39 is 6.10 Å². The molecule has 0 aliphatic heterocycles. The fourth-order valence-electron chi connectivity index (χ4n) is 4.39. The topological polar surface area (TPSA) is 69.0 Å². The Kier molecular flexibility index (Phi) is 8.67. The number of para-hydroxylation sites is 2. The third kappa shape index (κ3) is 6.09. The average molecular weight is 492 g/mol. The van der Waals surface area contributed by atoms with Gasteiger partial charge in [-0.15, -0.1) is 6.58 Å². The normalized spacial score (nSPS) is 14.0. The second kappa shape index (κ2) is 12.1. The van der Waals surface area contributed by atoms with Gasteiger partial charge in [-0.3, -0.25) is 4.90 Å². The highest BCUT2D eigenvalue weighted by atomic mass is 16.5. The first-order valence-corrected chi connectivity index (χ1v) is 12.7. The Morgan fingerprint density at radius 1 is 1.11 bits per heavy atom. The van der Waals surface area contributed by atoms with Crippen molar-refractivity contribution in [3.05, 3.63) is 72.4 Å². The van der Waals surface area contributed by atoms with Gasteiger partial charge in [-0.2, -0.15) is 5.10 Å². The van der Waals surface area contributed by atoms with E-state index in [0.29, 0.717) is 42.9 Å². The fourth-order valence-corrected chi connectivity index (χ4v) is 4.39. The molecule has 0 unspecified atom stereocenters. The summed E-state index contributed by atoms with van der Waals surface area (Å²) in [4.78, 5) is 2.37. The Morgan fingerprint density at radius 2 is 1.83 bits per heavy atom. The van der Waals surface area contributed by atoms with Crippen LogP contribution in [0.15, 0.2) is 61.2 Å². The molecule has 1 N–H and O–H groups in total. The van der Waals surface area contributed by atoms with E-state index in [0.717, 1.165) is 48.4 Å². The molecule has 0 spiro atoms. The van der Waals surface area contributed by atoms with Crippen molar-refractivity contribution in [2.75, 3.05) is 20.8 Å². The standard InChI is InChI=1S/C29H37N3O4/c1-5-7-10-23(33)19-31(21-13-14-21)20-25-26(6-2)30-32(22-15-17-24(34-3)18-16-22)29(25)36-28-12-9-8-11-27(28)35-4/h5,8-9,11-12,15-18,21,23,33H,1,6-7,10,13-14,19-20H2,2-4H3/t23-/m1/s1. The van der Waals surface area contributed by atoms with Gasteiger partial charge in [0.15, 0.2) is 11.5 Å². The molecular weight excluding hydrogens is 454 g/mol. The number of hydrogen-bond acceptors (Lipinski definition) is 6. The molecule has 0 saturated heterocycles. The highest BCUT2D eigenvalue weighted by Crippen LogP contribution is 2.38. The van der Waals surface area contributed by atoms with E-state index in [1.807, 2.05) is 59.3 Å². The maximum absolute atomic E-state index is 10.7. The zero-order valence-corrected chi connectivity index (χ0v) is 21.5. The Hall–Kier alpha value is -3.29. The number of nitrogens with zero attached hydrogens (tertiary/aromatic N) is 3. The minimum Gasteiger partial charge on any atom is -0.497 e. The molecule has 7 nitrogen and oxygen atoms in total. The van der Waals surface area contributed by atoms with Crippen molar-refractivity contribution in [2.45, 2.75) is 57.7 Å². The number of aromatic nitrogens is 2. The second-order valence-corrected chi connectivity index (χ2v) is 9.13. The van der Waals surface area contributed by atoms with Crippen molar-refractivity contribution >= 4 is 0 Å². The molecule has 3 aromatic rings. The first-order chi connectivity index (χ1) is 17.6. The molecule has 0 radical (unpaired) electrons. The fraction of sp³-hybridized carbons (Fsp3) is 0.414. The van der Waals surface area contributed by atoms with Gasteiger partial charge in [0.05, 0.1) is 37.3 Å². The third-order valence-corrected chi connectivity index (χ3v) is 6.52. The molecule has 36 heavy (non-hydrogen) atoms. The monoisotopic (exact) mass is 491 g/mol. The van der Waals surface area contributed by atoms with Crippen molar-refractivity contribution in [2.24, 2.45) is 0 Å². The summed E-state index contributed by atoms with van der Waals surface area (Å²) in [5, 5.41) is 15.6. The van der Waals surface area contributed by atoms with E-state index in [1.165, 1.54) is 0 Å². The van der Waals surface area contributed by atoms with E-state index in [2.05, 4.69) is 18.4 Å². The largest absolute Gasteiger partial charge is 0.497 e. The van der Waals surface area contributed by atoms with Gasteiger partial charge < -0.3 is 19.3 Å². The van der Waals surface area contributed by atoms with Crippen LogP contribution in [-0.2, 0) is 13.0 Å². The quantitative estimate of drug-likeness (QED) is 0.299. The summed E-state index contributed by atoms with van der Waals surface area (Å²) in [6.45, 7) is 7.16.